The molecule has 0 saturated carbocycles. The smallest absolute Gasteiger partial charge is 0.417 e. The number of pyridine rings is 1. The molecule has 5 heterocycles. The molecule has 1 N–H and O–H groups in total. The second-order valence-electron chi connectivity index (χ2n) is 8.66. The minimum atomic E-state index is -4.69. The van der Waals surface area contributed by atoms with Crippen molar-refractivity contribution >= 4 is 22.1 Å². The van der Waals surface area contributed by atoms with Crippen LogP contribution < -0.4 is 5.32 Å². The van der Waals surface area contributed by atoms with Crippen molar-refractivity contribution in [2.45, 2.75) is 16.6 Å². The zero-order valence-electron chi connectivity index (χ0n) is 16.1. The molecule has 168 valence electrons. The number of sulfonamides is 1. The summed E-state index contributed by atoms with van der Waals surface area (Å²) < 4.78 is 69.9. The minimum absolute atomic E-state index is 0.128. The fourth-order valence-corrected chi connectivity index (χ4v) is 6.17. The van der Waals surface area contributed by atoms with E-state index in [2.05, 4.69) is 10.3 Å². The van der Waals surface area contributed by atoms with Crippen LogP contribution in [0.2, 0.25) is 0 Å². The molecule has 4 fully saturated rings. The Hall–Kier alpha value is -2.61. The highest BCUT2D eigenvalue weighted by Gasteiger charge is 2.59. The molecular formula is C17H18F3N5O5S. The van der Waals surface area contributed by atoms with Gasteiger partial charge in [-0.15, -0.1) is 0 Å². The van der Waals surface area contributed by atoms with Gasteiger partial charge in [0.05, 0.1) is 18.7 Å². The molecule has 31 heavy (non-hydrogen) atoms. The average molecular weight is 461 g/mol. The van der Waals surface area contributed by atoms with Crippen molar-refractivity contribution < 1.29 is 35.9 Å². The number of cyclic esters (lactones) is 1. The average Bonchev–Trinajstić information content (AvgIpc) is 2.99. The van der Waals surface area contributed by atoms with Crippen molar-refractivity contribution in [2.24, 2.45) is 5.41 Å². The fraction of sp³-hybridized carbons (Fsp3) is 0.588. The predicted octanol–water partition coefficient (Wildman–Crippen LogP) is 0.321. The van der Waals surface area contributed by atoms with Gasteiger partial charge in [0.25, 0.3) is 0 Å². The van der Waals surface area contributed by atoms with Crippen molar-refractivity contribution in [1.82, 2.24) is 24.4 Å². The first-order valence-corrected chi connectivity index (χ1v) is 10.9. The molecule has 4 aliphatic heterocycles. The molecule has 0 radical (unpaired) electrons. The topological polar surface area (TPSA) is 112 Å². The number of nitrogens with one attached hydrogen (secondary N) is 1. The van der Waals surface area contributed by atoms with Gasteiger partial charge in [-0.25, -0.2) is 18.0 Å². The van der Waals surface area contributed by atoms with E-state index < -0.39 is 38.3 Å². The number of alkyl halides is 3. The lowest BCUT2D eigenvalue weighted by Gasteiger charge is -2.60. The fourth-order valence-electron chi connectivity index (χ4n) is 4.52. The summed E-state index contributed by atoms with van der Waals surface area (Å²) in [7, 11) is -4.10. The van der Waals surface area contributed by atoms with Gasteiger partial charge >= 0.3 is 18.3 Å². The van der Waals surface area contributed by atoms with Crippen LogP contribution in [0.3, 0.4) is 0 Å². The Balaban J connectivity index is 1.16. The second kappa shape index (κ2) is 6.22. The Bertz CT molecular complexity index is 1060. The van der Waals surface area contributed by atoms with E-state index in [9.17, 15) is 31.2 Å². The van der Waals surface area contributed by atoms with Gasteiger partial charge < -0.3 is 19.9 Å². The molecule has 0 atom stereocenters. The van der Waals surface area contributed by atoms with Gasteiger partial charge in [-0.1, -0.05) is 0 Å². The van der Waals surface area contributed by atoms with Crippen LogP contribution >= 0.6 is 0 Å². The Morgan fingerprint density at radius 1 is 1.10 bits per heavy atom. The summed E-state index contributed by atoms with van der Waals surface area (Å²) in [6.07, 6.45) is -3.71. The zero-order chi connectivity index (χ0) is 22.2. The molecule has 1 aromatic heterocycles. The number of rotatable bonds is 2. The monoisotopic (exact) mass is 461 g/mol. The number of halogens is 3. The number of hydrogen-bond acceptors (Lipinski definition) is 6. The van der Waals surface area contributed by atoms with Gasteiger partial charge in [-0.2, -0.15) is 17.5 Å². The summed E-state index contributed by atoms with van der Waals surface area (Å²) in [5.74, 6) is 0. The van der Waals surface area contributed by atoms with Crippen molar-refractivity contribution in [3.8, 4) is 0 Å². The van der Waals surface area contributed by atoms with E-state index in [0.717, 1.165) is 10.5 Å². The van der Waals surface area contributed by atoms with Gasteiger partial charge in [0.2, 0.25) is 10.0 Å². The number of carbonyl (C=O) groups is 2. The molecule has 1 aromatic rings. The van der Waals surface area contributed by atoms with Crippen LogP contribution in [-0.2, 0) is 20.9 Å². The normalized spacial score (nSPS) is 24.3. The first kappa shape index (κ1) is 20.3. The number of aromatic nitrogens is 1. The van der Waals surface area contributed by atoms with Crippen LogP contribution in [0.25, 0.3) is 0 Å². The third kappa shape index (κ3) is 3.19. The van der Waals surface area contributed by atoms with E-state index in [0.29, 0.717) is 38.4 Å². The highest BCUT2D eigenvalue weighted by molar-refractivity contribution is 7.89. The number of ether oxygens (including phenoxy) is 1. The maximum absolute atomic E-state index is 12.9. The Kier molecular flexibility index (Phi) is 4.07. The van der Waals surface area contributed by atoms with Gasteiger partial charge in [0.15, 0.2) is 0 Å². The molecule has 4 aliphatic rings. The number of amides is 3. The van der Waals surface area contributed by atoms with E-state index in [4.69, 9.17) is 4.74 Å². The Morgan fingerprint density at radius 3 is 2.32 bits per heavy atom. The Morgan fingerprint density at radius 2 is 1.74 bits per heavy atom. The van der Waals surface area contributed by atoms with E-state index in [1.807, 2.05) is 0 Å². The lowest BCUT2D eigenvalue weighted by atomic mass is 9.74. The molecular weight excluding hydrogens is 443 g/mol. The number of alkyl carbamates (subject to hydrolysis) is 1. The highest BCUT2D eigenvalue weighted by Crippen LogP contribution is 2.43. The van der Waals surface area contributed by atoms with Crippen LogP contribution in [-0.4, -0.2) is 91.0 Å². The van der Waals surface area contributed by atoms with Crippen LogP contribution in [0.4, 0.5) is 22.8 Å². The summed E-state index contributed by atoms with van der Waals surface area (Å²) in [6.45, 7) is 1.91. The van der Waals surface area contributed by atoms with Gasteiger partial charge in [-0.05, 0) is 6.07 Å². The van der Waals surface area contributed by atoms with Crippen molar-refractivity contribution in [2.75, 3.05) is 45.9 Å². The lowest BCUT2D eigenvalue weighted by molar-refractivity contribution is -0.138. The van der Waals surface area contributed by atoms with Crippen molar-refractivity contribution in [1.29, 1.82) is 0 Å². The summed E-state index contributed by atoms with van der Waals surface area (Å²) in [6, 6.07) is 0.385. The SMILES string of the molecule is O=C1NC2(CO1)CN(C(=O)N1CC3(C1)CN(S(=O)(=O)c1cncc(C(F)(F)F)c1)C3)C2. The second-order valence-corrected chi connectivity index (χ2v) is 10.6. The first-order chi connectivity index (χ1) is 14.4. The molecule has 5 rings (SSSR count). The third-order valence-corrected chi connectivity index (χ3v) is 7.89. The van der Waals surface area contributed by atoms with Crippen LogP contribution in [0.15, 0.2) is 23.4 Å². The Labute approximate surface area is 175 Å². The number of urea groups is 1. The van der Waals surface area contributed by atoms with E-state index >= 15 is 0 Å². The molecule has 0 unspecified atom stereocenters. The number of likely N-dealkylation sites (tertiary alicyclic amines) is 2. The molecule has 14 heteroatoms. The molecule has 0 aromatic carbocycles. The quantitative estimate of drug-likeness (QED) is 0.679. The molecule has 0 aliphatic carbocycles. The molecule has 10 nitrogen and oxygen atoms in total. The molecule has 4 saturated heterocycles. The van der Waals surface area contributed by atoms with E-state index in [1.165, 1.54) is 0 Å². The van der Waals surface area contributed by atoms with E-state index in [-0.39, 0.29) is 31.1 Å². The van der Waals surface area contributed by atoms with Gasteiger partial charge in [-0.3, -0.25) is 4.98 Å². The zero-order valence-corrected chi connectivity index (χ0v) is 16.9. The van der Waals surface area contributed by atoms with Crippen LogP contribution in [0.1, 0.15) is 5.56 Å². The van der Waals surface area contributed by atoms with Crippen LogP contribution in [0, 0.1) is 5.41 Å². The maximum Gasteiger partial charge on any atom is 0.417 e. The van der Waals surface area contributed by atoms with Gasteiger partial charge in [0.1, 0.15) is 17.0 Å². The number of hydrogen-bond donors (Lipinski definition) is 1. The van der Waals surface area contributed by atoms with Crippen LogP contribution in [0.5, 0.6) is 0 Å². The number of carbonyl (C=O) groups excluding carboxylic acids is 2. The standard InChI is InChI=1S/C17H18F3N5O5S/c18-17(19,20)11-1-12(3-21-2-11)31(28,29)25-6-15(7-25)4-23(5-15)14(27)24-8-16(9-24)10-30-13(26)22-16/h1-3H,4-10H2,(H,22,26). The van der Waals surface area contributed by atoms with Crippen molar-refractivity contribution in [3.05, 3.63) is 24.0 Å². The maximum atomic E-state index is 12.9. The molecule has 0 bridgehead atoms. The van der Waals surface area contributed by atoms with Gasteiger partial charge in [0, 0.05) is 44.0 Å². The molecule has 3 amide bonds. The molecule has 2 spiro atoms. The summed E-state index contributed by atoms with van der Waals surface area (Å²) in [4.78, 5) is 29.8. The highest BCUT2D eigenvalue weighted by atomic mass is 32.2. The van der Waals surface area contributed by atoms with Crippen molar-refractivity contribution in [3.63, 3.8) is 0 Å². The minimum Gasteiger partial charge on any atom is -0.447 e. The third-order valence-electron chi connectivity index (χ3n) is 6.13. The first-order valence-electron chi connectivity index (χ1n) is 9.43. The largest absolute Gasteiger partial charge is 0.447 e. The predicted molar refractivity (Wildman–Crippen MR) is 96.2 cm³/mol. The van der Waals surface area contributed by atoms with E-state index in [1.54, 1.807) is 9.80 Å². The number of nitrogens with zero attached hydrogens (tertiary/aromatic N) is 4. The summed E-state index contributed by atoms with van der Waals surface area (Å²) in [5.41, 5.74) is -2.03. The summed E-state index contributed by atoms with van der Waals surface area (Å²) >= 11 is 0. The lowest BCUT2D eigenvalue weighted by Crippen LogP contribution is -2.77. The summed E-state index contributed by atoms with van der Waals surface area (Å²) in [5, 5.41) is 2.69.